The van der Waals surface area contributed by atoms with Crippen LogP contribution in [0.25, 0.3) is 5.76 Å². The maximum absolute atomic E-state index is 13.5. The number of aliphatic hydroxyl groups excluding tert-OH is 1. The number of aryl methyl sites for hydroxylation is 1. The Morgan fingerprint density at radius 1 is 1.24 bits per heavy atom. The van der Waals surface area contributed by atoms with Crippen molar-refractivity contribution < 1.29 is 29.0 Å². The Morgan fingerprint density at radius 2 is 2.03 bits per heavy atom. The SMILES string of the molecule is CCCOc1cccc([C@H]2/C(=C(\O)c3ccc4c(c3)C[C@@H](C)O4)C(=O)C(=O)N2c2nc(C)c(C(C)=O)s2)c1. The molecule has 0 unspecified atom stereocenters. The van der Waals surface area contributed by atoms with Crippen LogP contribution in [0.2, 0.25) is 0 Å². The van der Waals surface area contributed by atoms with Gasteiger partial charge in [-0.05, 0) is 61.7 Å². The van der Waals surface area contributed by atoms with Gasteiger partial charge in [0.15, 0.2) is 10.9 Å². The number of anilines is 1. The van der Waals surface area contributed by atoms with Gasteiger partial charge in [0.2, 0.25) is 0 Å². The normalized spacial score (nSPS) is 19.9. The Morgan fingerprint density at radius 3 is 2.74 bits per heavy atom. The van der Waals surface area contributed by atoms with Crippen LogP contribution in [0.4, 0.5) is 5.13 Å². The summed E-state index contributed by atoms with van der Waals surface area (Å²) in [6.07, 6.45) is 1.51. The smallest absolute Gasteiger partial charge is 0.301 e. The number of nitrogens with zero attached hydrogens (tertiary/aromatic N) is 2. The first kappa shape index (κ1) is 25.7. The van der Waals surface area contributed by atoms with Crippen molar-refractivity contribution in [2.45, 2.75) is 52.7 Å². The van der Waals surface area contributed by atoms with E-state index in [0.717, 1.165) is 29.1 Å². The molecule has 8 nitrogen and oxygen atoms in total. The molecule has 0 aliphatic carbocycles. The van der Waals surface area contributed by atoms with Crippen molar-refractivity contribution in [1.82, 2.24) is 4.98 Å². The molecule has 3 aromatic rings. The molecule has 2 atom stereocenters. The standard InChI is InChI=1S/C29H28N2O6S/c1-5-11-36-21-8-6-7-18(14-21)24-23(25(33)19-9-10-22-20(13-19)12-15(2)37-22)26(34)28(35)31(24)29-30-16(3)27(38-29)17(4)32/h6-10,13-15,24,33H,5,11-12H2,1-4H3/b25-23+/t15-,24+/m1/s1. The Labute approximate surface area is 224 Å². The number of benzene rings is 2. The second kappa shape index (κ2) is 10.1. The van der Waals surface area contributed by atoms with E-state index in [1.54, 1.807) is 49.4 Å². The molecule has 0 saturated carbocycles. The number of fused-ring (bicyclic) bond motifs is 1. The predicted molar refractivity (Wildman–Crippen MR) is 144 cm³/mol. The van der Waals surface area contributed by atoms with Crippen LogP contribution in [-0.2, 0) is 16.0 Å². The quantitative estimate of drug-likeness (QED) is 0.188. The molecule has 0 radical (unpaired) electrons. The molecule has 2 aliphatic heterocycles. The van der Waals surface area contributed by atoms with E-state index >= 15 is 0 Å². The van der Waals surface area contributed by atoms with Gasteiger partial charge in [0.1, 0.15) is 23.4 Å². The van der Waals surface area contributed by atoms with Gasteiger partial charge in [-0.1, -0.05) is 30.4 Å². The molecule has 0 bridgehead atoms. The number of aromatic nitrogens is 1. The molecule has 1 saturated heterocycles. The summed E-state index contributed by atoms with van der Waals surface area (Å²) in [5.41, 5.74) is 2.35. The van der Waals surface area contributed by atoms with Crippen molar-refractivity contribution in [3.05, 3.63) is 75.3 Å². The number of ether oxygens (including phenoxy) is 2. The lowest BCUT2D eigenvalue weighted by molar-refractivity contribution is -0.132. The minimum Gasteiger partial charge on any atom is -0.507 e. The average Bonchev–Trinajstić information content (AvgIpc) is 3.54. The largest absolute Gasteiger partial charge is 0.507 e. The van der Waals surface area contributed by atoms with Gasteiger partial charge in [-0.3, -0.25) is 19.3 Å². The molecule has 1 fully saturated rings. The summed E-state index contributed by atoms with van der Waals surface area (Å²) in [6.45, 7) is 7.59. The lowest BCUT2D eigenvalue weighted by Crippen LogP contribution is -2.29. The van der Waals surface area contributed by atoms with E-state index in [4.69, 9.17) is 9.47 Å². The Bertz CT molecular complexity index is 1490. The van der Waals surface area contributed by atoms with Gasteiger partial charge in [0.25, 0.3) is 5.78 Å². The zero-order valence-corrected chi connectivity index (χ0v) is 22.4. The van der Waals surface area contributed by atoms with E-state index < -0.39 is 17.7 Å². The summed E-state index contributed by atoms with van der Waals surface area (Å²) < 4.78 is 11.6. The summed E-state index contributed by atoms with van der Waals surface area (Å²) in [7, 11) is 0. The molecule has 2 aromatic carbocycles. The van der Waals surface area contributed by atoms with Crippen molar-refractivity contribution in [1.29, 1.82) is 0 Å². The molecular weight excluding hydrogens is 504 g/mol. The number of carbonyl (C=O) groups is 3. The van der Waals surface area contributed by atoms with E-state index in [1.807, 2.05) is 13.8 Å². The van der Waals surface area contributed by atoms with Gasteiger partial charge in [0.05, 0.1) is 28.8 Å². The van der Waals surface area contributed by atoms with Gasteiger partial charge in [-0.25, -0.2) is 4.98 Å². The summed E-state index contributed by atoms with van der Waals surface area (Å²) >= 11 is 1.05. The number of Topliss-reactive ketones (excluding diaryl/α,β-unsaturated/α-hetero) is 2. The first-order valence-corrected chi connectivity index (χ1v) is 13.3. The minimum atomic E-state index is -0.964. The third-order valence-corrected chi connectivity index (χ3v) is 7.83. The molecule has 3 heterocycles. The second-order valence-electron chi connectivity index (χ2n) is 9.51. The van der Waals surface area contributed by atoms with Crippen molar-refractivity contribution in [3.63, 3.8) is 0 Å². The van der Waals surface area contributed by atoms with Crippen LogP contribution in [0.1, 0.15) is 65.3 Å². The highest BCUT2D eigenvalue weighted by Gasteiger charge is 2.48. The first-order valence-electron chi connectivity index (χ1n) is 12.5. The van der Waals surface area contributed by atoms with E-state index in [9.17, 15) is 19.5 Å². The molecule has 1 N–H and O–H groups in total. The molecule has 2 aliphatic rings. The fraction of sp³-hybridized carbons (Fsp3) is 0.310. The van der Waals surface area contributed by atoms with Crippen LogP contribution in [0, 0.1) is 6.92 Å². The van der Waals surface area contributed by atoms with E-state index in [-0.39, 0.29) is 28.4 Å². The van der Waals surface area contributed by atoms with Crippen LogP contribution in [-0.4, -0.2) is 40.3 Å². The van der Waals surface area contributed by atoms with Gasteiger partial charge in [0, 0.05) is 18.9 Å². The van der Waals surface area contributed by atoms with Crippen LogP contribution >= 0.6 is 11.3 Å². The number of carbonyl (C=O) groups excluding carboxylic acids is 3. The third kappa shape index (κ3) is 4.47. The van der Waals surface area contributed by atoms with Crippen LogP contribution in [0.5, 0.6) is 11.5 Å². The number of hydrogen-bond donors (Lipinski definition) is 1. The average molecular weight is 533 g/mol. The maximum atomic E-state index is 13.5. The monoisotopic (exact) mass is 532 g/mol. The van der Waals surface area contributed by atoms with Gasteiger partial charge in [-0.15, -0.1) is 0 Å². The second-order valence-corrected chi connectivity index (χ2v) is 10.5. The van der Waals surface area contributed by atoms with Crippen molar-refractivity contribution >= 4 is 39.7 Å². The third-order valence-electron chi connectivity index (χ3n) is 6.57. The van der Waals surface area contributed by atoms with Gasteiger partial charge >= 0.3 is 5.91 Å². The zero-order valence-electron chi connectivity index (χ0n) is 21.6. The first-order chi connectivity index (χ1) is 18.2. The fourth-order valence-corrected chi connectivity index (χ4v) is 5.87. The predicted octanol–water partition coefficient (Wildman–Crippen LogP) is 5.39. The summed E-state index contributed by atoms with van der Waals surface area (Å²) in [4.78, 5) is 45.3. The molecule has 38 heavy (non-hydrogen) atoms. The number of rotatable bonds is 7. The Kier molecular flexibility index (Phi) is 6.79. The molecule has 5 rings (SSSR count). The summed E-state index contributed by atoms with van der Waals surface area (Å²) in [5, 5.41) is 11.7. The van der Waals surface area contributed by atoms with Gasteiger partial charge < -0.3 is 14.6 Å². The lowest BCUT2D eigenvalue weighted by atomic mass is 9.94. The van der Waals surface area contributed by atoms with E-state index in [2.05, 4.69) is 4.98 Å². The Balaban J connectivity index is 1.68. The topological polar surface area (TPSA) is 106 Å². The Hall–Kier alpha value is -3.98. The maximum Gasteiger partial charge on any atom is 0.301 e. The minimum absolute atomic E-state index is 0.0162. The summed E-state index contributed by atoms with van der Waals surface area (Å²) in [5.74, 6) is -0.782. The molecule has 1 aromatic heterocycles. The van der Waals surface area contributed by atoms with E-state index in [1.165, 1.54) is 11.8 Å². The van der Waals surface area contributed by atoms with Crippen molar-refractivity contribution in [3.8, 4) is 11.5 Å². The highest BCUT2D eigenvalue weighted by Crippen LogP contribution is 2.45. The molecule has 0 spiro atoms. The highest BCUT2D eigenvalue weighted by molar-refractivity contribution is 7.18. The van der Waals surface area contributed by atoms with Gasteiger partial charge in [-0.2, -0.15) is 0 Å². The number of thiazole rings is 1. The number of aliphatic hydroxyl groups is 1. The van der Waals surface area contributed by atoms with Crippen LogP contribution in [0.3, 0.4) is 0 Å². The fourth-order valence-electron chi connectivity index (χ4n) is 4.88. The molecule has 9 heteroatoms. The molecule has 1 amide bonds. The van der Waals surface area contributed by atoms with Crippen LogP contribution in [0.15, 0.2) is 48.0 Å². The molecular formula is C29H28N2O6S. The number of ketones is 2. The zero-order chi connectivity index (χ0) is 27.1. The molecule has 196 valence electrons. The number of amides is 1. The highest BCUT2D eigenvalue weighted by atomic mass is 32.1. The van der Waals surface area contributed by atoms with E-state index in [0.29, 0.717) is 40.5 Å². The lowest BCUT2D eigenvalue weighted by Gasteiger charge is -2.23. The van der Waals surface area contributed by atoms with Crippen LogP contribution < -0.4 is 14.4 Å². The van der Waals surface area contributed by atoms with Crippen molar-refractivity contribution in [2.75, 3.05) is 11.5 Å². The van der Waals surface area contributed by atoms with Crippen molar-refractivity contribution in [2.24, 2.45) is 0 Å². The summed E-state index contributed by atoms with van der Waals surface area (Å²) in [6, 6.07) is 11.4. The number of hydrogen-bond acceptors (Lipinski definition) is 8.